The molecule has 0 saturated carbocycles. The molecule has 1 aliphatic rings. The predicted molar refractivity (Wildman–Crippen MR) is 81.1 cm³/mol. The van der Waals surface area contributed by atoms with Gasteiger partial charge in [-0.2, -0.15) is 4.98 Å². The van der Waals surface area contributed by atoms with Gasteiger partial charge in [-0.25, -0.2) is 0 Å². The van der Waals surface area contributed by atoms with E-state index < -0.39 is 0 Å². The molecule has 1 saturated heterocycles. The van der Waals surface area contributed by atoms with Crippen molar-refractivity contribution < 1.29 is 18.8 Å². The van der Waals surface area contributed by atoms with Crippen LogP contribution in [0.2, 0.25) is 0 Å². The van der Waals surface area contributed by atoms with Crippen LogP contribution in [0.15, 0.2) is 28.8 Å². The summed E-state index contributed by atoms with van der Waals surface area (Å²) in [5, 5.41) is 6.68. The number of hydrogen-bond acceptors (Lipinski definition) is 6. The highest BCUT2D eigenvalue weighted by Crippen LogP contribution is 2.14. The molecule has 1 aromatic heterocycles. The molecule has 7 nitrogen and oxygen atoms in total. The number of nitrogens with one attached hydrogen (secondary N) is 1. The van der Waals surface area contributed by atoms with Crippen LogP contribution < -0.4 is 10.1 Å². The van der Waals surface area contributed by atoms with Gasteiger partial charge in [0.25, 0.3) is 5.91 Å². The molecule has 2 aromatic rings. The van der Waals surface area contributed by atoms with Crippen molar-refractivity contribution in [1.29, 1.82) is 0 Å². The summed E-state index contributed by atoms with van der Waals surface area (Å²) in [6.45, 7) is 4.11. The van der Waals surface area contributed by atoms with Crippen LogP contribution in [0.5, 0.6) is 5.75 Å². The maximum Gasteiger partial charge on any atom is 0.251 e. The molecule has 0 spiro atoms. The molecular formula is C16H19N3O4. The molecule has 1 fully saturated rings. The Kier molecular flexibility index (Phi) is 4.87. The largest absolute Gasteiger partial charge is 0.485 e. The quantitative estimate of drug-likeness (QED) is 0.873. The lowest BCUT2D eigenvalue weighted by Crippen LogP contribution is -2.29. The molecule has 0 bridgehead atoms. The van der Waals surface area contributed by atoms with E-state index in [2.05, 4.69) is 15.5 Å². The van der Waals surface area contributed by atoms with Gasteiger partial charge in [0.05, 0.1) is 6.61 Å². The third-order valence-corrected chi connectivity index (χ3v) is 3.63. The Morgan fingerprint density at radius 2 is 2.22 bits per heavy atom. The number of aromatic nitrogens is 2. The Morgan fingerprint density at radius 3 is 2.87 bits per heavy atom. The summed E-state index contributed by atoms with van der Waals surface area (Å²) in [4.78, 5) is 16.1. The van der Waals surface area contributed by atoms with E-state index in [-0.39, 0.29) is 12.5 Å². The first-order chi connectivity index (χ1) is 11.2. The van der Waals surface area contributed by atoms with Gasteiger partial charge < -0.3 is 19.3 Å². The minimum Gasteiger partial charge on any atom is -0.485 e. The molecule has 122 valence electrons. The maximum absolute atomic E-state index is 12.1. The van der Waals surface area contributed by atoms with E-state index in [4.69, 9.17) is 14.0 Å². The topological polar surface area (TPSA) is 86.5 Å². The minimum absolute atomic E-state index is 0.0859. The van der Waals surface area contributed by atoms with Crippen LogP contribution >= 0.6 is 0 Å². The van der Waals surface area contributed by atoms with E-state index in [1.165, 1.54) is 0 Å². The van der Waals surface area contributed by atoms with Gasteiger partial charge in [-0.3, -0.25) is 4.79 Å². The van der Waals surface area contributed by atoms with Gasteiger partial charge in [0, 0.05) is 31.6 Å². The van der Waals surface area contributed by atoms with Crippen LogP contribution in [0.3, 0.4) is 0 Å². The number of ether oxygens (including phenoxy) is 2. The van der Waals surface area contributed by atoms with Gasteiger partial charge in [-0.1, -0.05) is 5.16 Å². The van der Waals surface area contributed by atoms with Crippen molar-refractivity contribution >= 4 is 5.91 Å². The highest BCUT2D eigenvalue weighted by molar-refractivity contribution is 5.94. The summed E-state index contributed by atoms with van der Waals surface area (Å²) in [6, 6.07) is 6.97. The molecule has 7 heteroatoms. The predicted octanol–water partition coefficient (Wildman–Crippen LogP) is 1.72. The Bertz CT molecular complexity index is 648. The summed E-state index contributed by atoms with van der Waals surface area (Å²) in [5.74, 6) is 1.97. The number of hydrogen-bond donors (Lipinski definition) is 1. The second-order valence-corrected chi connectivity index (χ2v) is 5.48. The molecular weight excluding hydrogens is 298 g/mol. The number of aryl methyl sites for hydroxylation is 1. The van der Waals surface area contributed by atoms with E-state index in [1.54, 1.807) is 31.2 Å². The van der Waals surface area contributed by atoms with E-state index >= 15 is 0 Å². The van der Waals surface area contributed by atoms with Crippen LogP contribution in [0.25, 0.3) is 0 Å². The molecule has 1 N–H and O–H groups in total. The highest BCUT2D eigenvalue weighted by atomic mass is 16.5. The number of nitrogens with zero attached hydrogens (tertiary/aromatic N) is 2. The molecule has 1 aliphatic heterocycles. The Hall–Kier alpha value is -2.41. The summed E-state index contributed by atoms with van der Waals surface area (Å²) in [5.41, 5.74) is 0.603. The average molecular weight is 317 g/mol. The lowest BCUT2D eigenvalue weighted by Gasteiger charge is -2.10. The molecule has 1 amide bonds. The zero-order valence-corrected chi connectivity index (χ0v) is 12.9. The number of rotatable bonds is 6. The van der Waals surface area contributed by atoms with Gasteiger partial charge >= 0.3 is 0 Å². The van der Waals surface area contributed by atoms with Crippen molar-refractivity contribution in [3.63, 3.8) is 0 Å². The van der Waals surface area contributed by atoms with Crippen LogP contribution in [-0.4, -0.2) is 35.8 Å². The van der Waals surface area contributed by atoms with Gasteiger partial charge in [0.1, 0.15) is 5.75 Å². The highest BCUT2D eigenvalue weighted by Gasteiger charge is 2.16. The molecule has 0 aliphatic carbocycles. The van der Waals surface area contributed by atoms with E-state index in [9.17, 15) is 4.79 Å². The first-order valence-corrected chi connectivity index (χ1v) is 7.59. The van der Waals surface area contributed by atoms with Gasteiger partial charge in [-0.05, 0) is 30.7 Å². The molecule has 1 aromatic carbocycles. The van der Waals surface area contributed by atoms with Crippen molar-refractivity contribution in [2.45, 2.75) is 20.0 Å². The fraction of sp³-hybridized carbons (Fsp3) is 0.438. The van der Waals surface area contributed by atoms with Crippen LogP contribution in [0, 0.1) is 12.8 Å². The van der Waals surface area contributed by atoms with Crippen LogP contribution in [0.1, 0.15) is 28.5 Å². The number of carbonyl (C=O) groups excluding carboxylic acids is 1. The van der Waals surface area contributed by atoms with Crippen molar-refractivity contribution in [2.75, 3.05) is 19.8 Å². The summed E-state index contributed by atoms with van der Waals surface area (Å²) < 4.78 is 15.7. The lowest BCUT2D eigenvalue weighted by atomic mass is 10.1. The van der Waals surface area contributed by atoms with Crippen molar-refractivity contribution in [1.82, 2.24) is 15.5 Å². The van der Waals surface area contributed by atoms with Crippen LogP contribution in [0.4, 0.5) is 0 Å². The van der Waals surface area contributed by atoms with Gasteiger partial charge in [0.2, 0.25) is 11.7 Å². The number of amides is 1. The third kappa shape index (κ3) is 4.29. The standard InChI is InChI=1S/C16H19N3O4/c1-11-18-15(19-23-11)10-22-14-4-2-13(3-5-14)16(20)17-8-12-6-7-21-9-12/h2-5,12H,6-10H2,1H3,(H,17,20). The van der Waals surface area contributed by atoms with Crippen molar-refractivity contribution in [2.24, 2.45) is 5.92 Å². The smallest absolute Gasteiger partial charge is 0.251 e. The number of carbonyl (C=O) groups is 1. The molecule has 1 atom stereocenters. The zero-order chi connectivity index (χ0) is 16.1. The second-order valence-electron chi connectivity index (χ2n) is 5.48. The van der Waals surface area contributed by atoms with Crippen molar-refractivity contribution in [3.8, 4) is 5.75 Å². The first kappa shape index (κ1) is 15.5. The third-order valence-electron chi connectivity index (χ3n) is 3.63. The second kappa shape index (κ2) is 7.23. The van der Waals surface area contributed by atoms with Gasteiger partial charge in [-0.15, -0.1) is 0 Å². The first-order valence-electron chi connectivity index (χ1n) is 7.59. The summed E-state index contributed by atoms with van der Waals surface area (Å²) in [6.07, 6.45) is 1.00. The van der Waals surface area contributed by atoms with Crippen LogP contribution in [-0.2, 0) is 11.3 Å². The molecule has 23 heavy (non-hydrogen) atoms. The maximum atomic E-state index is 12.1. The fourth-order valence-corrected chi connectivity index (χ4v) is 2.33. The normalized spacial score (nSPS) is 17.2. The zero-order valence-electron chi connectivity index (χ0n) is 12.9. The summed E-state index contributed by atoms with van der Waals surface area (Å²) >= 11 is 0. The number of benzene rings is 1. The fourth-order valence-electron chi connectivity index (χ4n) is 2.33. The SMILES string of the molecule is Cc1nc(COc2ccc(C(=O)NCC3CCOC3)cc2)no1. The average Bonchev–Trinajstić information content (AvgIpc) is 3.22. The van der Waals surface area contributed by atoms with Crippen molar-refractivity contribution in [3.05, 3.63) is 41.5 Å². The van der Waals surface area contributed by atoms with E-state index in [0.29, 0.717) is 35.5 Å². The monoisotopic (exact) mass is 317 g/mol. The van der Waals surface area contributed by atoms with E-state index in [1.807, 2.05) is 0 Å². The minimum atomic E-state index is -0.0859. The Morgan fingerprint density at radius 1 is 1.39 bits per heavy atom. The van der Waals surface area contributed by atoms with Gasteiger partial charge in [0.15, 0.2) is 6.61 Å². The Labute approximate surface area is 134 Å². The Balaban J connectivity index is 1.48. The molecule has 2 heterocycles. The van der Waals surface area contributed by atoms with E-state index in [0.717, 1.165) is 19.6 Å². The molecule has 1 unspecified atom stereocenters. The lowest BCUT2D eigenvalue weighted by molar-refractivity contribution is 0.0945. The molecule has 3 rings (SSSR count). The molecule has 0 radical (unpaired) electrons. The summed E-state index contributed by atoms with van der Waals surface area (Å²) in [7, 11) is 0.